The van der Waals surface area contributed by atoms with Gasteiger partial charge in [0.25, 0.3) is 0 Å². The Morgan fingerprint density at radius 1 is 1.50 bits per heavy atom. The van der Waals surface area contributed by atoms with Crippen LogP contribution in [-0.2, 0) is 34.1 Å². The average Bonchev–Trinajstić information content (AvgIpc) is 1.41. The third-order valence-corrected chi connectivity index (χ3v) is 0. The van der Waals surface area contributed by atoms with Crippen molar-refractivity contribution in [1.29, 1.82) is 0 Å². The van der Waals surface area contributed by atoms with E-state index in [0.717, 1.165) is 0 Å². The SMILES string of the molecule is O[As](O)[S-].[O]=[Mo]. The topological polar surface area (TPSA) is 57.5 Å². The summed E-state index contributed by atoms with van der Waals surface area (Å²) in [6.45, 7) is 0. The molecule has 0 spiro atoms. The van der Waals surface area contributed by atoms with E-state index in [2.05, 4.69) is 10.9 Å². The second kappa shape index (κ2) is 9.58. The molecule has 0 aromatic carbocycles. The summed E-state index contributed by atoms with van der Waals surface area (Å²) in [5.41, 5.74) is 0. The Bertz CT molecular complexity index is 22.0. The number of rotatable bonds is 0. The molecule has 0 atom stereocenters. The summed E-state index contributed by atoms with van der Waals surface area (Å²) < 4.78 is 23.4. The monoisotopic (exact) mass is 255 g/mol. The van der Waals surface area contributed by atoms with Crippen molar-refractivity contribution in [3.05, 3.63) is 0 Å². The number of hydrogen-bond donors (Lipinski definition) is 2. The zero-order valence-corrected chi connectivity index (χ0v) is 7.27. The van der Waals surface area contributed by atoms with E-state index in [-0.39, 0.29) is 0 Å². The molecule has 0 radical (unpaired) electrons. The van der Waals surface area contributed by atoms with Gasteiger partial charge in [-0.25, -0.2) is 0 Å². The van der Waals surface area contributed by atoms with Crippen molar-refractivity contribution in [3.63, 3.8) is 0 Å². The van der Waals surface area contributed by atoms with Crippen LogP contribution in [0.5, 0.6) is 0 Å². The van der Waals surface area contributed by atoms with Crippen molar-refractivity contribution in [3.8, 4) is 0 Å². The van der Waals surface area contributed by atoms with E-state index in [1.165, 1.54) is 0 Å². The zero-order chi connectivity index (χ0) is 5.58. The van der Waals surface area contributed by atoms with Gasteiger partial charge in [-0.2, -0.15) is 0 Å². The molecule has 2 N–H and O–H groups in total. The molecule has 3 nitrogen and oxygen atoms in total. The van der Waals surface area contributed by atoms with Gasteiger partial charge < -0.3 is 0 Å². The minimum absolute atomic E-state index is 0.700. The first-order valence-electron chi connectivity index (χ1n) is 0.749. The molecule has 0 aliphatic heterocycles. The van der Waals surface area contributed by atoms with Crippen LogP contribution in [0.25, 0.3) is 0 Å². The van der Waals surface area contributed by atoms with Crippen molar-refractivity contribution >= 4 is 25.1 Å². The van der Waals surface area contributed by atoms with Gasteiger partial charge in [0.05, 0.1) is 0 Å². The Kier molecular flexibility index (Phi) is 16.5. The van der Waals surface area contributed by atoms with Crippen LogP contribution >= 0.6 is 0 Å². The molecule has 0 aliphatic carbocycles. The first-order valence-corrected chi connectivity index (χ1v) is 5.91. The molecule has 6 heteroatoms. The summed E-state index contributed by atoms with van der Waals surface area (Å²) in [5.74, 6) is 0. The first kappa shape index (κ1) is 10.3. The second-order valence-electron chi connectivity index (χ2n) is 0.253. The van der Waals surface area contributed by atoms with E-state index in [1.54, 1.807) is 0 Å². The van der Waals surface area contributed by atoms with Crippen LogP contribution in [0.4, 0.5) is 0 Å². The molecule has 0 amide bonds. The van der Waals surface area contributed by atoms with Crippen LogP contribution in [-0.4, -0.2) is 22.4 Å². The van der Waals surface area contributed by atoms with E-state index in [1.807, 2.05) is 0 Å². The van der Waals surface area contributed by atoms with Crippen LogP contribution < -0.4 is 0 Å². The van der Waals surface area contributed by atoms with Crippen molar-refractivity contribution in [2.45, 2.75) is 0 Å². The fraction of sp³-hybridized carbons (Fsp3) is 0. The standard InChI is InChI=1S/AsH2O2S.Mo.O/c2-1(3)4;;/h2-3H;;/q-1;;. The molecule has 0 bridgehead atoms. The molecule has 0 saturated carbocycles. The molecule has 0 rings (SSSR count). The van der Waals surface area contributed by atoms with Crippen LogP contribution in [0, 0.1) is 0 Å². The Hall–Kier alpha value is 1.32. The van der Waals surface area contributed by atoms with Gasteiger partial charge in [0.1, 0.15) is 0 Å². The molecule has 0 aromatic heterocycles. The van der Waals surface area contributed by atoms with Crippen LogP contribution in [0.15, 0.2) is 0 Å². The van der Waals surface area contributed by atoms with Gasteiger partial charge in [-0.3, -0.25) is 0 Å². The molecular weight excluding hydrogens is 251 g/mol. The summed E-state index contributed by atoms with van der Waals surface area (Å²) in [7, 11) is 3.88. The predicted octanol–water partition coefficient (Wildman–Crippen LogP) is -1.62. The third kappa shape index (κ3) is 57.1. The third-order valence-electron chi connectivity index (χ3n) is 0. The van der Waals surface area contributed by atoms with Crippen LogP contribution in [0.3, 0.4) is 0 Å². The molecule has 0 heterocycles. The average molecular weight is 253 g/mol. The van der Waals surface area contributed by atoms with Crippen molar-refractivity contribution in [2.24, 2.45) is 0 Å². The minimum atomic E-state index is -2.60. The molecule has 0 saturated heterocycles. The Balaban J connectivity index is 0. The normalized spacial score (nSPS) is 6.67. The van der Waals surface area contributed by atoms with E-state index in [4.69, 9.17) is 11.6 Å². The fourth-order valence-corrected chi connectivity index (χ4v) is 0. The Morgan fingerprint density at radius 3 is 1.50 bits per heavy atom. The molecule has 0 aliphatic rings. The van der Waals surface area contributed by atoms with E-state index in [0.29, 0.717) is 19.8 Å². The fourth-order valence-electron chi connectivity index (χ4n) is 0. The van der Waals surface area contributed by atoms with Gasteiger partial charge in [0.15, 0.2) is 0 Å². The van der Waals surface area contributed by atoms with Crippen molar-refractivity contribution < 1.29 is 31.4 Å². The molecule has 0 unspecified atom stereocenters. The summed E-state index contributed by atoms with van der Waals surface area (Å²) >= 11 is -1.90. The Morgan fingerprint density at radius 2 is 1.50 bits per heavy atom. The molecule has 38 valence electrons. The molecule has 6 heavy (non-hydrogen) atoms. The maximum atomic E-state index is 8.26. The van der Waals surface area contributed by atoms with Crippen molar-refractivity contribution in [2.75, 3.05) is 0 Å². The van der Waals surface area contributed by atoms with Gasteiger partial charge in [0.2, 0.25) is 0 Å². The molecule has 0 fully saturated rings. The van der Waals surface area contributed by atoms with Crippen LogP contribution in [0.2, 0.25) is 0 Å². The van der Waals surface area contributed by atoms with Gasteiger partial charge >= 0.3 is 56.4 Å². The van der Waals surface area contributed by atoms with E-state index in [9.17, 15) is 0 Å². The van der Waals surface area contributed by atoms with E-state index >= 15 is 0 Å². The van der Waals surface area contributed by atoms with Gasteiger partial charge in [-0.05, 0) is 0 Å². The van der Waals surface area contributed by atoms with Gasteiger partial charge in [-0.15, -0.1) is 0 Å². The van der Waals surface area contributed by atoms with E-state index < -0.39 is 14.2 Å². The summed E-state index contributed by atoms with van der Waals surface area (Å²) in [5, 5.41) is 0. The zero-order valence-electron chi connectivity index (χ0n) is 2.57. The van der Waals surface area contributed by atoms with Crippen LogP contribution in [0.1, 0.15) is 0 Å². The first-order chi connectivity index (χ1) is 2.73. The quantitative estimate of drug-likeness (QED) is 0.402. The predicted molar refractivity (Wildman–Crippen MR) is 18.2 cm³/mol. The van der Waals surface area contributed by atoms with Gasteiger partial charge in [-0.1, -0.05) is 0 Å². The molecule has 0 aromatic rings. The summed E-state index contributed by atoms with van der Waals surface area (Å²) in [6, 6.07) is 0. The summed E-state index contributed by atoms with van der Waals surface area (Å²) in [6.07, 6.45) is 0. The summed E-state index contributed by atoms with van der Waals surface area (Å²) in [4.78, 5) is 0. The molecular formula is H2AsMoO3S-. The second-order valence-corrected chi connectivity index (χ2v) is 3.01. The Labute approximate surface area is 56.3 Å². The number of hydrogen-bond acceptors (Lipinski definition) is 4. The maximum absolute atomic E-state index is 8.26. The van der Waals surface area contributed by atoms with Crippen molar-refractivity contribution in [1.82, 2.24) is 0 Å². The van der Waals surface area contributed by atoms with Gasteiger partial charge in [0, 0.05) is 0 Å².